The molecular weight excluding hydrogens is 442 g/mol. The first-order valence-electron chi connectivity index (χ1n) is 10.6. The van der Waals surface area contributed by atoms with Crippen molar-refractivity contribution in [1.82, 2.24) is 5.32 Å². The predicted molar refractivity (Wildman–Crippen MR) is 132 cm³/mol. The van der Waals surface area contributed by atoms with Crippen LogP contribution in [-0.2, 0) is 13.0 Å². The minimum absolute atomic E-state index is 0. The molecule has 3 aromatic carbocycles. The van der Waals surface area contributed by atoms with Crippen LogP contribution in [0.5, 0.6) is 23.0 Å². The molecule has 2 N–H and O–H groups in total. The van der Waals surface area contributed by atoms with E-state index in [9.17, 15) is 5.11 Å². The highest BCUT2D eigenvalue weighted by molar-refractivity contribution is 5.85. The van der Waals surface area contributed by atoms with Gasteiger partial charge < -0.3 is 29.4 Å². The van der Waals surface area contributed by atoms with Gasteiger partial charge in [0.25, 0.3) is 0 Å². The third-order valence-electron chi connectivity index (χ3n) is 5.21. The Bertz CT molecular complexity index is 984. The van der Waals surface area contributed by atoms with Crippen LogP contribution in [0.2, 0.25) is 0 Å². The van der Waals surface area contributed by atoms with Crippen molar-refractivity contribution < 1.29 is 24.1 Å². The number of para-hydroxylation sites is 1. The predicted octanol–water partition coefficient (Wildman–Crippen LogP) is 4.58. The number of benzene rings is 3. The molecule has 0 bridgehead atoms. The molecule has 178 valence electrons. The van der Waals surface area contributed by atoms with E-state index in [-0.39, 0.29) is 12.4 Å². The summed E-state index contributed by atoms with van der Waals surface area (Å²) in [4.78, 5) is 0. The Balaban J connectivity index is 0.00000385. The Hall–Kier alpha value is -2.93. The molecule has 0 fully saturated rings. The number of aliphatic hydroxyl groups excluding tert-OH is 1. The van der Waals surface area contributed by atoms with E-state index in [2.05, 4.69) is 5.32 Å². The maximum absolute atomic E-state index is 10.7. The lowest BCUT2D eigenvalue weighted by Crippen LogP contribution is -2.24. The monoisotopic (exact) mass is 473 g/mol. The lowest BCUT2D eigenvalue weighted by Gasteiger charge is -2.18. The third kappa shape index (κ3) is 7.02. The zero-order chi connectivity index (χ0) is 22.8. The molecule has 0 heterocycles. The van der Waals surface area contributed by atoms with E-state index < -0.39 is 6.10 Å². The number of nitrogens with one attached hydrogen (secondary N) is 1. The first-order valence-corrected chi connectivity index (χ1v) is 10.6. The van der Waals surface area contributed by atoms with Crippen LogP contribution in [0, 0.1) is 0 Å². The van der Waals surface area contributed by atoms with Gasteiger partial charge in [0.15, 0.2) is 11.5 Å². The number of rotatable bonds is 12. The Labute approximate surface area is 201 Å². The van der Waals surface area contributed by atoms with Crippen molar-refractivity contribution in [1.29, 1.82) is 0 Å². The second-order valence-corrected chi connectivity index (χ2v) is 7.28. The van der Waals surface area contributed by atoms with Gasteiger partial charge in [-0.05, 0) is 36.2 Å². The largest absolute Gasteiger partial charge is 0.493 e. The summed E-state index contributed by atoms with van der Waals surface area (Å²) in [5.74, 6) is 2.56. The molecule has 1 atom stereocenters. The van der Waals surface area contributed by atoms with E-state index in [1.165, 1.54) is 0 Å². The molecule has 3 rings (SSSR count). The molecule has 7 heteroatoms. The fourth-order valence-electron chi connectivity index (χ4n) is 3.55. The summed E-state index contributed by atoms with van der Waals surface area (Å²) >= 11 is 0. The molecule has 0 saturated heterocycles. The highest BCUT2D eigenvalue weighted by Crippen LogP contribution is 2.39. The first-order chi connectivity index (χ1) is 15.7. The Kier molecular flexibility index (Phi) is 10.8. The van der Waals surface area contributed by atoms with Crippen LogP contribution in [0.15, 0.2) is 66.7 Å². The topological polar surface area (TPSA) is 69.2 Å². The van der Waals surface area contributed by atoms with Gasteiger partial charge in [-0.2, -0.15) is 0 Å². The van der Waals surface area contributed by atoms with Gasteiger partial charge in [-0.25, -0.2) is 0 Å². The van der Waals surface area contributed by atoms with E-state index in [4.69, 9.17) is 18.9 Å². The average molecular weight is 474 g/mol. The van der Waals surface area contributed by atoms with Crippen molar-refractivity contribution in [3.8, 4) is 23.0 Å². The van der Waals surface area contributed by atoms with Crippen LogP contribution >= 0.6 is 12.4 Å². The lowest BCUT2D eigenvalue weighted by atomic mass is 10.1. The number of hydrogen-bond acceptors (Lipinski definition) is 6. The van der Waals surface area contributed by atoms with Crippen molar-refractivity contribution in [2.45, 2.75) is 19.1 Å². The van der Waals surface area contributed by atoms with Crippen molar-refractivity contribution in [3.05, 3.63) is 83.4 Å². The summed E-state index contributed by atoms with van der Waals surface area (Å²) in [5.41, 5.74) is 2.84. The zero-order valence-electron chi connectivity index (χ0n) is 19.2. The highest BCUT2D eigenvalue weighted by Gasteiger charge is 2.16. The maximum Gasteiger partial charge on any atom is 0.203 e. The van der Waals surface area contributed by atoms with E-state index in [0.29, 0.717) is 49.1 Å². The summed E-state index contributed by atoms with van der Waals surface area (Å²) in [7, 11) is 4.81. The Morgan fingerprint density at radius 1 is 0.788 bits per heavy atom. The number of ether oxygens (including phenoxy) is 4. The standard InChI is InChI=1S/C26H31NO5.ClH/c1-29-24-14-13-20(25(30-2)26(24)31-3)15-16-27-17-22(28)21-11-7-8-12-23(21)32-18-19-9-5-4-6-10-19;/h4-14,22,27-28H,15-18H2,1-3H3;1H. The van der Waals surface area contributed by atoms with Gasteiger partial charge in [-0.1, -0.05) is 54.6 Å². The molecule has 0 saturated carbocycles. The van der Waals surface area contributed by atoms with Gasteiger partial charge in [0.05, 0.1) is 27.4 Å². The fraction of sp³-hybridized carbons (Fsp3) is 0.308. The van der Waals surface area contributed by atoms with Gasteiger partial charge in [0.1, 0.15) is 12.4 Å². The summed E-state index contributed by atoms with van der Waals surface area (Å²) in [5, 5.41) is 14.1. The van der Waals surface area contributed by atoms with Crippen LogP contribution < -0.4 is 24.3 Å². The smallest absolute Gasteiger partial charge is 0.203 e. The quantitative estimate of drug-likeness (QED) is 0.375. The first kappa shape index (κ1) is 26.3. The Morgan fingerprint density at radius 2 is 1.48 bits per heavy atom. The molecule has 1 unspecified atom stereocenters. The molecular formula is C26H32ClNO5. The number of methoxy groups -OCH3 is 3. The summed E-state index contributed by atoms with van der Waals surface area (Å²) in [6.07, 6.45) is 0.0249. The van der Waals surface area contributed by atoms with Crippen LogP contribution in [0.25, 0.3) is 0 Å². The molecule has 0 aliphatic heterocycles. The van der Waals surface area contributed by atoms with E-state index in [0.717, 1.165) is 16.7 Å². The Morgan fingerprint density at radius 3 is 2.18 bits per heavy atom. The minimum Gasteiger partial charge on any atom is -0.493 e. The normalized spacial score (nSPS) is 11.3. The summed E-state index contributed by atoms with van der Waals surface area (Å²) < 4.78 is 22.3. The SMILES string of the molecule is COc1ccc(CCNCC(O)c2ccccc2OCc2ccccc2)c(OC)c1OC.Cl. The van der Waals surface area contributed by atoms with E-state index in [1.807, 2.05) is 66.7 Å². The fourth-order valence-corrected chi connectivity index (χ4v) is 3.55. The molecule has 3 aromatic rings. The highest BCUT2D eigenvalue weighted by atomic mass is 35.5. The van der Waals surface area contributed by atoms with Crippen LogP contribution in [0.3, 0.4) is 0 Å². The molecule has 0 aromatic heterocycles. The third-order valence-corrected chi connectivity index (χ3v) is 5.21. The average Bonchev–Trinajstić information content (AvgIpc) is 2.85. The molecule has 33 heavy (non-hydrogen) atoms. The van der Waals surface area contributed by atoms with Crippen molar-refractivity contribution >= 4 is 12.4 Å². The number of halogens is 1. The minimum atomic E-state index is -0.686. The lowest BCUT2D eigenvalue weighted by molar-refractivity contribution is 0.168. The van der Waals surface area contributed by atoms with Gasteiger partial charge in [-0.15, -0.1) is 12.4 Å². The van der Waals surface area contributed by atoms with Crippen molar-refractivity contribution in [2.75, 3.05) is 34.4 Å². The molecule has 0 spiro atoms. The second-order valence-electron chi connectivity index (χ2n) is 7.28. The van der Waals surface area contributed by atoms with E-state index in [1.54, 1.807) is 21.3 Å². The molecule has 0 amide bonds. The second kappa shape index (κ2) is 13.6. The van der Waals surface area contributed by atoms with Crippen LogP contribution in [-0.4, -0.2) is 39.5 Å². The number of hydrogen-bond donors (Lipinski definition) is 2. The van der Waals surface area contributed by atoms with Crippen LogP contribution in [0.1, 0.15) is 22.8 Å². The summed E-state index contributed by atoms with van der Waals surface area (Å²) in [6.45, 7) is 1.52. The van der Waals surface area contributed by atoms with Gasteiger partial charge >= 0.3 is 0 Å². The van der Waals surface area contributed by atoms with Crippen molar-refractivity contribution in [3.63, 3.8) is 0 Å². The maximum atomic E-state index is 10.7. The van der Waals surface area contributed by atoms with Gasteiger partial charge in [0.2, 0.25) is 5.75 Å². The van der Waals surface area contributed by atoms with E-state index >= 15 is 0 Å². The number of aliphatic hydroxyl groups is 1. The van der Waals surface area contributed by atoms with Crippen LogP contribution in [0.4, 0.5) is 0 Å². The molecule has 0 aliphatic carbocycles. The summed E-state index contributed by atoms with van der Waals surface area (Å²) in [6, 6.07) is 21.4. The van der Waals surface area contributed by atoms with Crippen molar-refractivity contribution in [2.24, 2.45) is 0 Å². The molecule has 6 nitrogen and oxygen atoms in total. The van der Waals surface area contributed by atoms with Gasteiger partial charge in [-0.3, -0.25) is 0 Å². The molecule has 0 radical (unpaired) electrons. The van der Waals surface area contributed by atoms with Gasteiger partial charge in [0, 0.05) is 12.1 Å². The zero-order valence-corrected chi connectivity index (χ0v) is 20.1. The molecule has 0 aliphatic rings.